The second-order valence-corrected chi connectivity index (χ2v) is 3.10. The van der Waals surface area contributed by atoms with Gasteiger partial charge in [-0.15, -0.1) is 0 Å². The Morgan fingerprint density at radius 1 is 1.47 bits per heavy atom. The second-order valence-electron chi connectivity index (χ2n) is 3.10. The van der Waals surface area contributed by atoms with E-state index >= 15 is 0 Å². The molecule has 2 aromatic heterocycles. The van der Waals surface area contributed by atoms with Crippen LogP contribution in [0.1, 0.15) is 5.56 Å². The number of hydrogen-bond donors (Lipinski definition) is 1. The van der Waals surface area contributed by atoms with Crippen molar-refractivity contribution in [2.24, 2.45) is 7.05 Å². The minimum Gasteiger partial charge on any atom is -0.478 e. The third kappa shape index (κ3) is 1.71. The highest BCUT2D eigenvalue weighted by Gasteiger charge is 2.05. The van der Waals surface area contributed by atoms with Gasteiger partial charge >= 0.3 is 5.97 Å². The van der Waals surface area contributed by atoms with Crippen LogP contribution in [0.2, 0.25) is 0 Å². The topological polar surface area (TPSA) is 68.0 Å². The van der Waals surface area contributed by atoms with Crippen molar-refractivity contribution in [2.45, 2.75) is 0 Å². The molecule has 0 aromatic carbocycles. The first-order valence-corrected chi connectivity index (χ1v) is 4.35. The van der Waals surface area contributed by atoms with Crippen molar-refractivity contribution in [1.29, 1.82) is 0 Å². The molecule has 0 aliphatic carbocycles. The number of carboxylic acid groups (broad SMARTS) is 1. The quantitative estimate of drug-likeness (QED) is 0.741. The van der Waals surface area contributed by atoms with Gasteiger partial charge in [0.15, 0.2) is 5.65 Å². The molecular weight excluding hydrogens is 194 g/mol. The summed E-state index contributed by atoms with van der Waals surface area (Å²) in [5.74, 6) is -0.976. The molecule has 0 spiro atoms. The standard InChI is InChI=1S/C10H9N3O2/c1-13-6-7(2-3-8(14)15)9-10(13)12-5-4-11-9/h2-6H,1H3,(H,14,15)/b3-2+. The summed E-state index contributed by atoms with van der Waals surface area (Å²) in [5.41, 5.74) is 2.20. The highest BCUT2D eigenvalue weighted by molar-refractivity contribution is 5.90. The normalized spacial score (nSPS) is 11.3. The summed E-state index contributed by atoms with van der Waals surface area (Å²) in [6.07, 6.45) is 7.58. The maximum absolute atomic E-state index is 10.4. The van der Waals surface area contributed by atoms with E-state index in [0.29, 0.717) is 5.52 Å². The van der Waals surface area contributed by atoms with Crippen LogP contribution in [0.3, 0.4) is 0 Å². The smallest absolute Gasteiger partial charge is 0.328 e. The molecule has 0 saturated heterocycles. The number of aliphatic carboxylic acids is 1. The molecule has 0 aliphatic rings. The number of carbonyl (C=O) groups is 1. The van der Waals surface area contributed by atoms with Gasteiger partial charge in [-0.2, -0.15) is 0 Å². The lowest BCUT2D eigenvalue weighted by molar-refractivity contribution is -0.131. The van der Waals surface area contributed by atoms with Gasteiger partial charge in [0.1, 0.15) is 5.52 Å². The molecule has 0 saturated carbocycles. The third-order valence-corrected chi connectivity index (χ3v) is 2.02. The van der Waals surface area contributed by atoms with Gasteiger partial charge < -0.3 is 9.67 Å². The van der Waals surface area contributed by atoms with Gasteiger partial charge in [0.25, 0.3) is 0 Å². The number of hydrogen-bond acceptors (Lipinski definition) is 3. The first-order valence-electron chi connectivity index (χ1n) is 4.35. The maximum Gasteiger partial charge on any atom is 0.328 e. The van der Waals surface area contributed by atoms with Crippen molar-refractivity contribution in [1.82, 2.24) is 14.5 Å². The van der Waals surface area contributed by atoms with E-state index in [9.17, 15) is 4.79 Å². The molecule has 1 N–H and O–H groups in total. The first-order chi connectivity index (χ1) is 7.18. The molecule has 0 bridgehead atoms. The fourth-order valence-electron chi connectivity index (χ4n) is 1.41. The van der Waals surface area contributed by atoms with E-state index < -0.39 is 5.97 Å². The molecule has 5 nitrogen and oxygen atoms in total. The van der Waals surface area contributed by atoms with E-state index in [4.69, 9.17) is 5.11 Å². The van der Waals surface area contributed by atoms with Crippen molar-refractivity contribution in [3.05, 3.63) is 30.2 Å². The van der Waals surface area contributed by atoms with Crippen LogP contribution < -0.4 is 0 Å². The molecule has 2 heterocycles. The number of aryl methyl sites for hydroxylation is 1. The molecule has 5 heteroatoms. The fourth-order valence-corrected chi connectivity index (χ4v) is 1.41. The highest BCUT2D eigenvalue weighted by Crippen LogP contribution is 2.16. The lowest BCUT2D eigenvalue weighted by Crippen LogP contribution is -1.87. The van der Waals surface area contributed by atoms with Crippen molar-refractivity contribution in [2.75, 3.05) is 0 Å². The Labute approximate surface area is 85.7 Å². The summed E-state index contributed by atoms with van der Waals surface area (Å²) in [5, 5.41) is 8.52. The van der Waals surface area contributed by atoms with Crippen LogP contribution in [-0.4, -0.2) is 25.6 Å². The maximum atomic E-state index is 10.4. The molecule has 0 unspecified atom stereocenters. The number of carboxylic acids is 1. The number of aromatic nitrogens is 3. The van der Waals surface area contributed by atoms with Crippen LogP contribution in [0.15, 0.2) is 24.7 Å². The monoisotopic (exact) mass is 203 g/mol. The fraction of sp³-hybridized carbons (Fsp3) is 0.100. The zero-order valence-electron chi connectivity index (χ0n) is 8.08. The van der Waals surface area contributed by atoms with Gasteiger partial charge in [-0.3, -0.25) is 4.98 Å². The van der Waals surface area contributed by atoms with Gasteiger partial charge in [-0.1, -0.05) is 0 Å². The zero-order valence-corrected chi connectivity index (χ0v) is 8.08. The third-order valence-electron chi connectivity index (χ3n) is 2.02. The molecule has 2 rings (SSSR count). The molecule has 0 radical (unpaired) electrons. The molecule has 0 amide bonds. The predicted molar refractivity (Wildman–Crippen MR) is 55.2 cm³/mol. The summed E-state index contributed by atoms with van der Waals surface area (Å²) in [4.78, 5) is 18.7. The number of nitrogens with zero attached hydrogens (tertiary/aromatic N) is 3. The molecule has 76 valence electrons. The lowest BCUT2D eigenvalue weighted by Gasteiger charge is -1.90. The van der Waals surface area contributed by atoms with E-state index in [1.807, 2.05) is 11.6 Å². The number of fused-ring (bicyclic) bond motifs is 1. The van der Waals surface area contributed by atoms with Crippen molar-refractivity contribution in [3.8, 4) is 0 Å². The summed E-state index contributed by atoms with van der Waals surface area (Å²) in [7, 11) is 1.84. The van der Waals surface area contributed by atoms with E-state index in [2.05, 4.69) is 9.97 Å². The van der Waals surface area contributed by atoms with E-state index in [1.165, 1.54) is 6.08 Å². The number of rotatable bonds is 2. The van der Waals surface area contributed by atoms with Gasteiger partial charge in [0, 0.05) is 37.3 Å². The zero-order chi connectivity index (χ0) is 10.8. The van der Waals surface area contributed by atoms with E-state index in [1.54, 1.807) is 18.6 Å². The lowest BCUT2D eigenvalue weighted by atomic mass is 10.3. The van der Waals surface area contributed by atoms with Crippen LogP contribution in [0, 0.1) is 0 Å². The molecule has 15 heavy (non-hydrogen) atoms. The summed E-state index contributed by atoms with van der Waals surface area (Å²) in [6.45, 7) is 0. The summed E-state index contributed by atoms with van der Waals surface area (Å²) in [6, 6.07) is 0. The van der Waals surface area contributed by atoms with Crippen LogP contribution in [-0.2, 0) is 11.8 Å². The van der Waals surface area contributed by atoms with Gasteiger partial charge in [0.05, 0.1) is 0 Å². The van der Waals surface area contributed by atoms with Crippen LogP contribution >= 0.6 is 0 Å². The largest absolute Gasteiger partial charge is 0.478 e. The van der Waals surface area contributed by atoms with Crippen LogP contribution in [0.4, 0.5) is 0 Å². The van der Waals surface area contributed by atoms with E-state index in [-0.39, 0.29) is 0 Å². The Bertz CT molecular complexity index is 543. The van der Waals surface area contributed by atoms with Crippen LogP contribution in [0.5, 0.6) is 0 Å². The Morgan fingerprint density at radius 3 is 2.93 bits per heavy atom. The second kappa shape index (κ2) is 3.53. The summed E-state index contributed by atoms with van der Waals surface area (Å²) >= 11 is 0. The predicted octanol–water partition coefficient (Wildman–Crippen LogP) is 1.07. The molecule has 0 fully saturated rings. The van der Waals surface area contributed by atoms with Gasteiger partial charge in [0.2, 0.25) is 0 Å². The van der Waals surface area contributed by atoms with Crippen molar-refractivity contribution >= 4 is 23.2 Å². The Kier molecular flexibility index (Phi) is 2.21. The molecular formula is C10H9N3O2. The van der Waals surface area contributed by atoms with Crippen LogP contribution in [0.25, 0.3) is 17.2 Å². The van der Waals surface area contributed by atoms with Gasteiger partial charge in [-0.05, 0) is 6.08 Å². The SMILES string of the molecule is Cn1cc(/C=C/C(=O)O)c2nccnc21. The van der Waals surface area contributed by atoms with Gasteiger partial charge in [-0.25, -0.2) is 9.78 Å². The Morgan fingerprint density at radius 2 is 2.20 bits per heavy atom. The minimum atomic E-state index is -0.976. The molecule has 0 aliphatic heterocycles. The highest BCUT2D eigenvalue weighted by atomic mass is 16.4. The first kappa shape index (κ1) is 9.39. The Hall–Kier alpha value is -2.17. The van der Waals surface area contributed by atoms with Crippen molar-refractivity contribution < 1.29 is 9.90 Å². The average Bonchev–Trinajstić information content (AvgIpc) is 2.54. The van der Waals surface area contributed by atoms with E-state index in [0.717, 1.165) is 17.3 Å². The molecule has 2 aromatic rings. The molecule has 0 atom stereocenters. The Balaban J connectivity index is 2.57. The summed E-state index contributed by atoms with van der Waals surface area (Å²) < 4.78 is 1.81. The average molecular weight is 203 g/mol. The van der Waals surface area contributed by atoms with Crippen molar-refractivity contribution in [3.63, 3.8) is 0 Å². The minimum absolute atomic E-state index is 0.706.